The third kappa shape index (κ3) is 2.13. The summed E-state index contributed by atoms with van der Waals surface area (Å²) < 4.78 is 0. The van der Waals surface area contributed by atoms with Gasteiger partial charge in [-0.15, -0.1) is 0 Å². The van der Waals surface area contributed by atoms with Crippen LogP contribution in [0.25, 0.3) is 0 Å². The number of hydrogen-bond donors (Lipinski definition) is 2. The van der Waals surface area contributed by atoms with E-state index in [4.69, 9.17) is 15.3 Å². The van der Waals surface area contributed by atoms with Gasteiger partial charge in [0.1, 0.15) is 5.78 Å². The van der Waals surface area contributed by atoms with E-state index in [1.165, 1.54) is 0 Å². The van der Waals surface area contributed by atoms with Crippen LogP contribution in [0.2, 0.25) is 0 Å². The Balaban J connectivity index is 1.91. The van der Waals surface area contributed by atoms with E-state index in [1.807, 2.05) is 13.8 Å². The fraction of sp³-hybridized carbons (Fsp3) is 0.929. The fourth-order valence-electron chi connectivity index (χ4n) is 5.36. The average Bonchev–Trinajstić information content (AvgIpc) is 2.23. The summed E-state index contributed by atoms with van der Waals surface area (Å²) in [7, 11) is 0. The van der Waals surface area contributed by atoms with Crippen molar-refractivity contribution in [1.82, 2.24) is 5.39 Å². The molecule has 4 fully saturated rings. The standard InChI is InChI=1S/C14H23NO4/c1-9(2)12(16)13-4-10-3-11(5-13)7-14(6-10,8-13)19-15(17)18/h9-11,17-18H,3-8H2,1-2H3. The minimum atomic E-state index is -0.544. The number of rotatable bonds is 4. The number of nitrogens with zero attached hydrogens (tertiary/aromatic N) is 1. The van der Waals surface area contributed by atoms with Gasteiger partial charge in [0.15, 0.2) is 0 Å². The quantitative estimate of drug-likeness (QED) is 0.768. The van der Waals surface area contributed by atoms with E-state index >= 15 is 0 Å². The van der Waals surface area contributed by atoms with Gasteiger partial charge in [0.05, 0.1) is 11.0 Å². The normalized spacial score (nSPS) is 44.3. The highest BCUT2D eigenvalue weighted by Crippen LogP contribution is 2.63. The van der Waals surface area contributed by atoms with Crippen molar-refractivity contribution in [1.29, 1.82) is 0 Å². The van der Waals surface area contributed by atoms with Gasteiger partial charge in [-0.05, 0) is 50.4 Å². The lowest BCUT2D eigenvalue weighted by atomic mass is 9.46. The monoisotopic (exact) mass is 269 g/mol. The number of Topliss-reactive ketones (excluding diaryl/α,β-unsaturated/α-hetero) is 1. The Hall–Kier alpha value is -0.490. The molecule has 4 rings (SSSR count). The van der Waals surface area contributed by atoms with Crippen molar-refractivity contribution in [2.45, 2.75) is 58.0 Å². The summed E-state index contributed by atoms with van der Waals surface area (Å²) in [5, 5.41) is 17.9. The third-order valence-corrected chi connectivity index (χ3v) is 5.33. The molecule has 4 aliphatic rings. The van der Waals surface area contributed by atoms with Gasteiger partial charge in [0, 0.05) is 11.3 Å². The van der Waals surface area contributed by atoms with Crippen LogP contribution in [0.5, 0.6) is 0 Å². The highest BCUT2D eigenvalue weighted by Gasteiger charge is 2.62. The highest BCUT2D eigenvalue weighted by atomic mass is 17.1. The van der Waals surface area contributed by atoms with Crippen LogP contribution in [0.4, 0.5) is 0 Å². The van der Waals surface area contributed by atoms with Crippen LogP contribution in [0.1, 0.15) is 52.4 Å². The van der Waals surface area contributed by atoms with Crippen LogP contribution in [0.3, 0.4) is 0 Å². The molecule has 5 heteroatoms. The molecule has 0 radical (unpaired) electrons. The lowest BCUT2D eigenvalue weighted by molar-refractivity contribution is -0.530. The lowest BCUT2D eigenvalue weighted by Crippen LogP contribution is -2.60. The molecule has 19 heavy (non-hydrogen) atoms. The molecule has 4 aliphatic carbocycles. The molecule has 2 unspecified atom stereocenters. The molecule has 0 aromatic heterocycles. The van der Waals surface area contributed by atoms with Gasteiger partial charge in [-0.1, -0.05) is 13.8 Å². The highest BCUT2D eigenvalue weighted by molar-refractivity contribution is 5.87. The van der Waals surface area contributed by atoms with Crippen molar-refractivity contribution >= 4 is 5.78 Å². The Bertz CT molecular complexity index is 373. The van der Waals surface area contributed by atoms with E-state index in [2.05, 4.69) is 0 Å². The van der Waals surface area contributed by atoms with Gasteiger partial charge in [-0.3, -0.25) is 15.2 Å². The zero-order valence-electron chi connectivity index (χ0n) is 11.6. The summed E-state index contributed by atoms with van der Waals surface area (Å²) in [6.07, 6.45) is 5.41. The molecule has 0 amide bonds. The molecule has 2 N–H and O–H groups in total. The van der Waals surface area contributed by atoms with E-state index in [9.17, 15) is 4.79 Å². The molecule has 0 aromatic rings. The van der Waals surface area contributed by atoms with Gasteiger partial charge in [-0.2, -0.15) is 0 Å². The first-order valence-corrected chi connectivity index (χ1v) is 7.26. The smallest absolute Gasteiger partial charge is 0.141 e. The summed E-state index contributed by atoms with van der Waals surface area (Å²) in [5.74, 6) is 1.34. The third-order valence-electron chi connectivity index (χ3n) is 5.33. The van der Waals surface area contributed by atoms with Gasteiger partial charge < -0.3 is 0 Å². The minimum absolute atomic E-state index is 0.0349. The van der Waals surface area contributed by atoms with Crippen molar-refractivity contribution in [3.8, 4) is 0 Å². The lowest BCUT2D eigenvalue weighted by Gasteiger charge is -2.60. The van der Waals surface area contributed by atoms with E-state index in [0.29, 0.717) is 24.0 Å². The van der Waals surface area contributed by atoms with Crippen LogP contribution >= 0.6 is 0 Å². The molecule has 108 valence electrons. The van der Waals surface area contributed by atoms with Crippen molar-refractivity contribution in [2.75, 3.05) is 0 Å². The fourth-order valence-corrected chi connectivity index (χ4v) is 5.36. The van der Waals surface area contributed by atoms with E-state index in [0.717, 1.165) is 32.1 Å². The summed E-state index contributed by atoms with van der Waals surface area (Å²) in [5.41, 5.74) is -0.827. The van der Waals surface area contributed by atoms with Gasteiger partial charge >= 0.3 is 0 Å². The predicted octanol–water partition coefficient (Wildman–Crippen LogP) is 2.56. The van der Waals surface area contributed by atoms with Crippen molar-refractivity contribution in [3.05, 3.63) is 0 Å². The molecular formula is C14H23NO4. The first-order chi connectivity index (χ1) is 8.84. The van der Waals surface area contributed by atoms with Crippen LogP contribution < -0.4 is 0 Å². The molecule has 2 atom stereocenters. The number of carbonyl (C=O) groups excluding carboxylic acids is 1. The Morgan fingerprint density at radius 2 is 1.79 bits per heavy atom. The Kier molecular flexibility index (Phi) is 3.02. The maximum Gasteiger partial charge on any atom is 0.141 e. The Labute approximate surface area is 113 Å². The van der Waals surface area contributed by atoms with E-state index < -0.39 is 5.60 Å². The second kappa shape index (κ2) is 4.25. The molecule has 4 bridgehead atoms. The first-order valence-electron chi connectivity index (χ1n) is 7.26. The van der Waals surface area contributed by atoms with Crippen LogP contribution in [-0.2, 0) is 9.63 Å². The van der Waals surface area contributed by atoms with Crippen molar-refractivity contribution < 1.29 is 20.0 Å². The number of carbonyl (C=O) groups is 1. The van der Waals surface area contributed by atoms with E-state index in [1.54, 1.807) is 0 Å². The van der Waals surface area contributed by atoms with Crippen molar-refractivity contribution in [3.63, 3.8) is 0 Å². The molecule has 0 saturated heterocycles. The molecule has 0 aromatic carbocycles. The first kappa shape index (κ1) is 13.5. The maximum atomic E-state index is 12.6. The minimum Gasteiger partial charge on any atom is -0.299 e. The number of hydrogen-bond acceptors (Lipinski definition) is 5. The Morgan fingerprint density at radius 1 is 1.21 bits per heavy atom. The summed E-state index contributed by atoms with van der Waals surface area (Å²) in [6, 6.07) is 0. The molecule has 5 nitrogen and oxygen atoms in total. The zero-order chi connectivity index (χ0) is 13.8. The average molecular weight is 269 g/mol. The predicted molar refractivity (Wildman–Crippen MR) is 66.2 cm³/mol. The van der Waals surface area contributed by atoms with Crippen LogP contribution in [0, 0.1) is 23.2 Å². The van der Waals surface area contributed by atoms with Crippen molar-refractivity contribution in [2.24, 2.45) is 23.2 Å². The van der Waals surface area contributed by atoms with Gasteiger partial charge in [0.25, 0.3) is 0 Å². The van der Waals surface area contributed by atoms with Crippen LogP contribution in [-0.4, -0.2) is 27.2 Å². The zero-order valence-corrected chi connectivity index (χ0v) is 11.6. The second-order valence-electron chi connectivity index (χ2n) is 7.29. The number of ketones is 1. The Morgan fingerprint density at radius 3 is 2.26 bits per heavy atom. The SMILES string of the molecule is CC(C)C(=O)C12CC3CC(CC(ON(O)O)(C3)C1)C2. The maximum absolute atomic E-state index is 12.6. The molecule has 0 heterocycles. The summed E-state index contributed by atoms with van der Waals surface area (Å²) in [4.78, 5) is 17.9. The van der Waals surface area contributed by atoms with Gasteiger partial charge in [-0.25, -0.2) is 4.84 Å². The van der Waals surface area contributed by atoms with E-state index in [-0.39, 0.29) is 16.7 Å². The molecule has 0 aliphatic heterocycles. The topological polar surface area (TPSA) is 70.0 Å². The summed E-state index contributed by atoms with van der Waals surface area (Å²) in [6.45, 7) is 3.91. The summed E-state index contributed by atoms with van der Waals surface area (Å²) >= 11 is 0. The molecule has 4 saturated carbocycles. The second-order valence-corrected chi connectivity index (χ2v) is 7.29. The van der Waals surface area contributed by atoms with Crippen LogP contribution in [0.15, 0.2) is 0 Å². The largest absolute Gasteiger partial charge is 0.299 e. The molecule has 0 spiro atoms. The molecular weight excluding hydrogens is 246 g/mol. The van der Waals surface area contributed by atoms with Gasteiger partial charge in [0.2, 0.25) is 0 Å².